The van der Waals surface area contributed by atoms with Crippen LogP contribution >= 0.6 is 39.1 Å². The third-order valence-electron chi connectivity index (χ3n) is 2.93. The largest absolute Gasteiger partial charge is 0.338 e. The van der Waals surface area contributed by atoms with E-state index in [-0.39, 0.29) is 0 Å². The number of nitrogens with one attached hydrogen (secondary N) is 1. The van der Waals surface area contributed by atoms with E-state index in [9.17, 15) is 0 Å². The van der Waals surface area contributed by atoms with Gasteiger partial charge in [0.25, 0.3) is 0 Å². The van der Waals surface area contributed by atoms with Crippen LogP contribution in [0.1, 0.15) is 5.56 Å². The van der Waals surface area contributed by atoms with Gasteiger partial charge in [-0.25, -0.2) is 4.98 Å². The molecule has 0 aliphatic rings. The standard InChI is InChI=1S/C14H9BrCl2N2/c1-7-4-8(15)5-12-13(7)19-14(18-12)10-6-9(16)2-3-11(10)17/h2-6H,1H3,(H,18,19). The molecule has 0 unspecified atom stereocenters. The van der Waals surface area contributed by atoms with Gasteiger partial charge in [-0.05, 0) is 42.8 Å². The highest BCUT2D eigenvalue weighted by Gasteiger charge is 2.11. The number of aryl methyl sites for hydroxylation is 1. The van der Waals surface area contributed by atoms with Crippen molar-refractivity contribution in [3.8, 4) is 11.4 Å². The summed E-state index contributed by atoms with van der Waals surface area (Å²) in [6, 6.07) is 9.38. The molecule has 0 aliphatic heterocycles. The van der Waals surface area contributed by atoms with Crippen LogP contribution in [0.15, 0.2) is 34.8 Å². The maximum atomic E-state index is 6.20. The number of rotatable bonds is 1. The molecule has 2 aromatic carbocycles. The Morgan fingerprint density at radius 2 is 1.95 bits per heavy atom. The molecule has 1 aromatic heterocycles. The van der Waals surface area contributed by atoms with Gasteiger partial charge in [-0.3, -0.25) is 0 Å². The van der Waals surface area contributed by atoms with E-state index in [0.717, 1.165) is 32.5 Å². The fraction of sp³-hybridized carbons (Fsp3) is 0.0714. The van der Waals surface area contributed by atoms with Crippen LogP contribution < -0.4 is 0 Å². The van der Waals surface area contributed by atoms with Crippen LogP contribution in [0.2, 0.25) is 10.0 Å². The van der Waals surface area contributed by atoms with Gasteiger partial charge in [0, 0.05) is 15.1 Å². The number of nitrogens with zero attached hydrogens (tertiary/aromatic N) is 1. The van der Waals surface area contributed by atoms with Crippen LogP contribution in [0, 0.1) is 6.92 Å². The molecular formula is C14H9BrCl2N2. The highest BCUT2D eigenvalue weighted by Crippen LogP contribution is 2.31. The molecular weight excluding hydrogens is 347 g/mol. The minimum Gasteiger partial charge on any atom is -0.338 e. The highest BCUT2D eigenvalue weighted by molar-refractivity contribution is 9.10. The molecule has 0 atom stereocenters. The van der Waals surface area contributed by atoms with Gasteiger partial charge in [0.05, 0.1) is 16.1 Å². The molecule has 1 heterocycles. The first-order valence-electron chi connectivity index (χ1n) is 5.66. The van der Waals surface area contributed by atoms with E-state index >= 15 is 0 Å². The molecule has 2 nitrogen and oxygen atoms in total. The van der Waals surface area contributed by atoms with Crippen LogP contribution in [-0.2, 0) is 0 Å². The number of imidazole rings is 1. The monoisotopic (exact) mass is 354 g/mol. The summed E-state index contributed by atoms with van der Waals surface area (Å²) in [6.07, 6.45) is 0. The maximum Gasteiger partial charge on any atom is 0.140 e. The summed E-state index contributed by atoms with van der Waals surface area (Å²) >= 11 is 15.7. The second kappa shape index (κ2) is 4.82. The van der Waals surface area contributed by atoms with Gasteiger partial charge >= 0.3 is 0 Å². The van der Waals surface area contributed by atoms with Crippen LogP contribution in [0.5, 0.6) is 0 Å². The zero-order valence-corrected chi connectivity index (χ0v) is 13.1. The Balaban J connectivity index is 2.26. The van der Waals surface area contributed by atoms with E-state index in [1.54, 1.807) is 12.1 Å². The molecule has 96 valence electrons. The first-order chi connectivity index (χ1) is 9.04. The lowest BCUT2D eigenvalue weighted by atomic mass is 10.2. The Kier molecular flexibility index (Phi) is 3.29. The minimum atomic E-state index is 0.625. The Hall–Kier alpha value is -1.03. The summed E-state index contributed by atoms with van der Waals surface area (Å²) in [7, 11) is 0. The number of hydrogen-bond donors (Lipinski definition) is 1. The Labute approximate surface area is 128 Å². The SMILES string of the molecule is Cc1cc(Br)cc2[nH]c(-c3cc(Cl)ccc3Cl)nc12. The summed E-state index contributed by atoms with van der Waals surface area (Å²) in [5.74, 6) is 0.726. The van der Waals surface area contributed by atoms with E-state index in [0.29, 0.717) is 10.0 Å². The Morgan fingerprint density at radius 1 is 1.16 bits per heavy atom. The van der Waals surface area contributed by atoms with Gasteiger partial charge in [0.2, 0.25) is 0 Å². The lowest BCUT2D eigenvalue weighted by Crippen LogP contribution is -1.82. The average molecular weight is 356 g/mol. The topological polar surface area (TPSA) is 28.7 Å². The molecule has 3 rings (SSSR count). The number of fused-ring (bicyclic) bond motifs is 1. The molecule has 0 aliphatic carbocycles. The van der Waals surface area contributed by atoms with Crippen molar-refractivity contribution < 1.29 is 0 Å². The van der Waals surface area contributed by atoms with Crippen molar-refractivity contribution in [1.29, 1.82) is 0 Å². The number of halogens is 3. The third-order valence-corrected chi connectivity index (χ3v) is 3.95. The summed E-state index contributed by atoms with van der Waals surface area (Å²) < 4.78 is 1.02. The number of aromatic nitrogens is 2. The molecule has 0 bridgehead atoms. The fourth-order valence-electron chi connectivity index (χ4n) is 2.05. The van der Waals surface area contributed by atoms with Gasteiger partial charge in [-0.2, -0.15) is 0 Å². The van der Waals surface area contributed by atoms with Gasteiger partial charge in [0.1, 0.15) is 5.82 Å². The van der Waals surface area contributed by atoms with Gasteiger partial charge in [-0.1, -0.05) is 39.1 Å². The number of H-pyrrole nitrogens is 1. The van der Waals surface area contributed by atoms with Crippen molar-refractivity contribution in [2.45, 2.75) is 6.92 Å². The molecule has 1 N–H and O–H groups in total. The predicted octanol–water partition coefficient (Wildman–Crippen LogP) is 5.61. The molecule has 3 aromatic rings. The van der Waals surface area contributed by atoms with Crippen LogP contribution in [0.25, 0.3) is 22.4 Å². The molecule has 0 radical (unpaired) electrons. The average Bonchev–Trinajstić information content (AvgIpc) is 2.76. The van der Waals surface area contributed by atoms with E-state index < -0.39 is 0 Å². The quantitative estimate of drug-likeness (QED) is 0.604. The fourth-order valence-corrected chi connectivity index (χ4v) is 3.00. The van der Waals surface area contributed by atoms with Gasteiger partial charge < -0.3 is 4.98 Å². The second-order valence-corrected chi connectivity index (χ2v) is 6.09. The summed E-state index contributed by atoms with van der Waals surface area (Å²) in [4.78, 5) is 7.88. The minimum absolute atomic E-state index is 0.625. The third kappa shape index (κ3) is 2.38. The van der Waals surface area contributed by atoms with Crippen molar-refractivity contribution in [2.24, 2.45) is 0 Å². The van der Waals surface area contributed by atoms with Crippen molar-refractivity contribution in [1.82, 2.24) is 9.97 Å². The molecule has 0 amide bonds. The molecule has 0 fully saturated rings. The zero-order chi connectivity index (χ0) is 13.6. The second-order valence-electron chi connectivity index (χ2n) is 4.33. The van der Waals surface area contributed by atoms with E-state index in [4.69, 9.17) is 23.2 Å². The number of benzene rings is 2. The first-order valence-corrected chi connectivity index (χ1v) is 7.21. The van der Waals surface area contributed by atoms with E-state index in [2.05, 4.69) is 25.9 Å². The molecule has 0 saturated carbocycles. The van der Waals surface area contributed by atoms with Crippen LogP contribution in [0.4, 0.5) is 0 Å². The Morgan fingerprint density at radius 3 is 2.74 bits per heavy atom. The lowest BCUT2D eigenvalue weighted by molar-refractivity contribution is 1.33. The number of hydrogen-bond acceptors (Lipinski definition) is 1. The smallest absolute Gasteiger partial charge is 0.140 e. The van der Waals surface area contributed by atoms with Crippen molar-refractivity contribution >= 4 is 50.2 Å². The van der Waals surface area contributed by atoms with Crippen LogP contribution in [0.3, 0.4) is 0 Å². The normalized spacial score (nSPS) is 11.2. The van der Waals surface area contributed by atoms with Gasteiger partial charge in [-0.15, -0.1) is 0 Å². The van der Waals surface area contributed by atoms with Crippen LogP contribution in [-0.4, -0.2) is 9.97 Å². The molecule has 0 spiro atoms. The molecule has 5 heteroatoms. The van der Waals surface area contributed by atoms with Crippen molar-refractivity contribution in [3.63, 3.8) is 0 Å². The maximum absolute atomic E-state index is 6.20. The molecule has 19 heavy (non-hydrogen) atoms. The first kappa shape index (κ1) is 13.0. The highest BCUT2D eigenvalue weighted by atomic mass is 79.9. The summed E-state index contributed by atoms with van der Waals surface area (Å²) in [5.41, 5.74) is 3.82. The lowest BCUT2D eigenvalue weighted by Gasteiger charge is -2.00. The van der Waals surface area contributed by atoms with E-state index in [1.165, 1.54) is 0 Å². The zero-order valence-electron chi connectivity index (χ0n) is 9.97. The van der Waals surface area contributed by atoms with Crippen molar-refractivity contribution in [2.75, 3.05) is 0 Å². The van der Waals surface area contributed by atoms with Crippen molar-refractivity contribution in [3.05, 3.63) is 50.4 Å². The Bertz CT molecular complexity index is 780. The van der Waals surface area contributed by atoms with E-state index in [1.807, 2.05) is 25.1 Å². The van der Waals surface area contributed by atoms with Gasteiger partial charge in [0.15, 0.2) is 0 Å². The molecule has 0 saturated heterocycles. The number of aromatic amines is 1. The summed E-state index contributed by atoms with van der Waals surface area (Å²) in [5, 5.41) is 1.26. The predicted molar refractivity (Wildman–Crippen MR) is 84.0 cm³/mol. The summed E-state index contributed by atoms with van der Waals surface area (Å²) in [6.45, 7) is 2.03.